The molecule has 0 N–H and O–H groups in total. The van der Waals surface area contributed by atoms with E-state index in [2.05, 4.69) is 308 Å². The van der Waals surface area contributed by atoms with Gasteiger partial charge in [0.1, 0.15) is 0 Å². The monoisotopic (exact) mass is 1120 g/mol. The molecular weight excluding hydrogens is 1040 g/mol. The number of hydrogen-bond donors (Lipinski definition) is 0. The van der Waals surface area contributed by atoms with Crippen molar-refractivity contribution in [2.75, 3.05) is 9.80 Å². The van der Waals surface area contributed by atoms with Crippen LogP contribution in [0.15, 0.2) is 243 Å². The molecule has 0 fully saturated rings. The zero-order valence-electron chi connectivity index (χ0n) is 52.1. The second kappa shape index (κ2) is 27.4. The molecule has 11 aromatic rings. The van der Waals surface area contributed by atoms with E-state index in [4.69, 9.17) is 0 Å². The first kappa shape index (κ1) is 58.8. The summed E-state index contributed by atoms with van der Waals surface area (Å²) in [4.78, 5) is 4.86. The van der Waals surface area contributed by atoms with Crippen LogP contribution in [0.3, 0.4) is 0 Å². The summed E-state index contributed by atoms with van der Waals surface area (Å²) in [5, 5.41) is 0. The number of aryl methyl sites for hydroxylation is 8. The van der Waals surface area contributed by atoms with Gasteiger partial charge in [-0.15, -0.1) is 0 Å². The van der Waals surface area contributed by atoms with Crippen LogP contribution in [-0.4, -0.2) is 0 Å². The average Bonchev–Trinajstić information content (AvgIpc) is 3.62. The minimum atomic E-state index is 1.04. The molecule has 0 aromatic heterocycles. The van der Waals surface area contributed by atoms with Gasteiger partial charge >= 0.3 is 0 Å². The Bertz CT molecular complexity index is 3560. The molecule has 0 radical (unpaired) electrons. The zero-order chi connectivity index (χ0) is 59.5. The van der Waals surface area contributed by atoms with E-state index in [0.29, 0.717) is 0 Å². The highest BCUT2D eigenvalue weighted by molar-refractivity contribution is 5.87. The molecule has 86 heavy (non-hydrogen) atoms. The van der Waals surface area contributed by atoms with Crippen LogP contribution >= 0.6 is 0 Å². The molecule has 0 atom stereocenters. The number of unbranched alkanes of at least 4 members (excludes halogenated alkanes) is 6. The number of anilines is 6. The highest BCUT2D eigenvalue weighted by Crippen LogP contribution is 2.44. The molecule has 0 aliphatic heterocycles. The van der Waals surface area contributed by atoms with Crippen molar-refractivity contribution in [2.45, 2.75) is 120 Å². The molecule has 2 nitrogen and oxygen atoms in total. The Kier molecular flexibility index (Phi) is 18.7. The first-order chi connectivity index (χ1) is 42.0. The number of benzene rings is 11. The summed E-state index contributed by atoms with van der Waals surface area (Å²) in [5.74, 6) is 0. The summed E-state index contributed by atoms with van der Waals surface area (Å²) in [6.07, 6.45) is 11.8. The van der Waals surface area contributed by atoms with Crippen LogP contribution in [0.25, 0.3) is 66.8 Å². The van der Waals surface area contributed by atoms with Gasteiger partial charge in [-0.2, -0.15) is 0 Å². The molecule has 0 heterocycles. The molecule has 2 heteroatoms. The van der Waals surface area contributed by atoms with Crippen molar-refractivity contribution in [1.29, 1.82) is 0 Å². The normalized spacial score (nSPS) is 11.3. The Morgan fingerprint density at radius 2 is 0.453 bits per heavy atom. The van der Waals surface area contributed by atoms with Crippen molar-refractivity contribution in [3.63, 3.8) is 0 Å². The molecule has 0 aliphatic carbocycles. The van der Waals surface area contributed by atoms with Crippen LogP contribution in [0.2, 0.25) is 0 Å². The van der Waals surface area contributed by atoms with E-state index in [1.807, 2.05) is 0 Å². The van der Waals surface area contributed by atoms with E-state index in [9.17, 15) is 0 Å². The fourth-order valence-electron chi connectivity index (χ4n) is 12.4. The zero-order valence-corrected chi connectivity index (χ0v) is 52.1. The van der Waals surface area contributed by atoms with Gasteiger partial charge < -0.3 is 9.80 Å². The molecule has 0 bridgehead atoms. The first-order valence-corrected chi connectivity index (χ1v) is 31.7. The lowest BCUT2D eigenvalue weighted by atomic mass is 9.84. The Balaban J connectivity index is 0.983. The Labute approximate surface area is 514 Å². The number of nitrogens with zero attached hydrogens (tertiary/aromatic N) is 2. The standard InChI is InChI=1S/C84H84N2/c1-9-11-13-15-17-73-57-84(82-54-52-80(56-64(82)8)86(77-47-39-71(40-48-77)67-31-23-61(5)24-32-67)78-49-41-72(42-50-78)68-33-25-62(6)26-34-68)74(18-16-14-12-10-2)58-83(73)81-53-51-79(55-63(81)7)85(75-43-35-69(36-44-75)65-27-19-59(3)20-28-65)76-45-37-70(38-46-76)66-29-21-60(4)22-30-66/h19-58H,9-18H2,1-8H3. The summed E-state index contributed by atoms with van der Waals surface area (Å²) in [6, 6.07) is 91.4. The summed E-state index contributed by atoms with van der Waals surface area (Å²) >= 11 is 0. The Hall–Kier alpha value is -8.98. The van der Waals surface area contributed by atoms with Gasteiger partial charge in [0.2, 0.25) is 0 Å². The second-order valence-electron chi connectivity index (χ2n) is 24.1. The summed E-state index contributed by atoms with van der Waals surface area (Å²) in [6.45, 7) is 17.9. The van der Waals surface area contributed by atoms with Crippen molar-refractivity contribution in [1.82, 2.24) is 0 Å². The third-order valence-electron chi connectivity index (χ3n) is 17.5. The maximum Gasteiger partial charge on any atom is 0.0464 e. The fraction of sp³-hybridized carbons (Fsp3) is 0.214. The SMILES string of the molecule is CCCCCCc1cc(-c2ccc(N(c3ccc(-c4ccc(C)cc4)cc3)c3ccc(-c4ccc(C)cc4)cc3)cc2C)c(CCCCCC)cc1-c1ccc(N(c2ccc(-c3ccc(C)cc3)cc2)c2ccc(-c3ccc(C)cc3)cc2)cc1C. The van der Waals surface area contributed by atoms with E-state index in [1.165, 1.54) is 150 Å². The van der Waals surface area contributed by atoms with Crippen LogP contribution < -0.4 is 9.80 Å². The third-order valence-corrected chi connectivity index (χ3v) is 17.5. The molecular formula is C84H84N2. The van der Waals surface area contributed by atoms with Gasteiger partial charge in [-0.25, -0.2) is 0 Å². The lowest BCUT2D eigenvalue weighted by Crippen LogP contribution is -2.10. The molecule has 0 aliphatic rings. The van der Waals surface area contributed by atoms with Crippen LogP contribution in [0.1, 0.15) is 110 Å². The van der Waals surface area contributed by atoms with Crippen LogP contribution in [0.5, 0.6) is 0 Å². The van der Waals surface area contributed by atoms with Crippen molar-refractivity contribution >= 4 is 34.1 Å². The van der Waals surface area contributed by atoms with E-state index < -0.39 is 0 Å². The van der Waals surface area contributed by atoms with Crippen molar-refractivity contribution in [2.24, 2.45) is 0 Å². The van der Waals surface area contributed by atoms with Crippen molar-refractivity contribution in [3.8, 4) is 66.8 Å². The summed E-state index contributed by atoms with van der Waals surface area (Å²) in [7, 11) is 0. The summed E-state index contributed by atoms with van der Waals surface area (Å²) in [5.41, 5.74) is 32.4. The summed E-state index contributed by atoms with van der Waals surface area (Å²) < 4.78 is 0. The molecule has 0 saturated carbocycles. The molecule has 430 valence electrons. The lowest BCUT2D eigenvalue weighted by molar-refractivity contribution is 0.664. The van der Waals surface area contributed by atoms with E-state index in [0.717, 1.165) is 59.8 Å². The lowest BCUT2D eigenvalue weighted by Gasteiger charge is -2.28. The van der Waals surface area contributed by atoms with Gasteiger partial charge in [0, 0.05) is 34.1 Å². The molecule has 0 spiro atoms. The second-order valence-corrected chi connectivity index (χ2v) is 24.1. The average molecular weight is 1120 g/mol. The Morgan fingerprint density at radius 1 is 0.221 bits per heavy atom. The minimum Gasteiger partial charge on any atom is -0.310 e. The molecule has 0 amide bonds. The molecule has 11 aromatic carbocycles. The third kappa shape index (κ3) is 13.7. The van der Waals surface area contributed by atoms with Gasteiger partial charge in [-0.1, -0.05) is 244 Å². The van der Waals surface area contributed by atoms with Gasteiger partial charge in [0.05, 0.1) is 0 Å². The highest BCUT2D eigenvalue weighted by Gasteiger charge is 2.21. The quantitative estimate of drug-likeness (QED) is 0.0624. The maximum absolute atomic E-state index is 2.61. The highest BCUT2D eigenvalue weighted by atomic mass is 15.1. The fourth-order valence-corrected chi connectivity index (χ4v) is 12.4. The van der Waals surface area contributed by atoms with Gasteiger partial charge in [-0.05, 0) is 229 Å². The maximum atomic E-state index is 2.61. The first-order valence-electron chi connectivity index (χ1n) is 31.7. The van der Waals surface area contributed by atoms with E-state index in [-0.39, 0.29) is 0 Å². The van der Waals surface area contributed by atoms with Crippen LogP contribution in [0.4, 0.5) is 34.1 Å². The van der Waals surface area contributed by atoms with Gasteiger partial charge in [0.25, 0.3) is 0 Å². The molecule has 11 rings (SSSR count). The van der Waals surface area contributed by atoms with E-state index >= 15 is 0 Å². The van der Waals surface area contributed by atoms with Crippen LogP contribution in [-0.2, 0) is 12.8 Å². The predicted octanol–water partition coefficient (Wildman–Crippen LogP) is 24.7. The predicted molar refractivity (Wildman–Crippen MR) is 373 cm³/mol. The van der Waals surface area contributed by atoms with Crippen molar-refractivity contribution in [3.05, 3.63) is 287 Å². The molecule has 0 saturated heterocycles. The number of rotatable bonds is 22. The van der Waals surface area contributed by atoms with Gasteiger partial charge in [0.15, 0.2) is 0 Å². The smallest absolute Gasteiger partial charge is 0.0464 e. The van der Waals surface area contributed by atoms with Crippen LogP contribution in [0, 0.1) is 41.5 Å². The topological polar surface area (TPSA) is 6.48 Å². The minimum absolute atomic E-state index is 1.04. The van der Waals surface area contributed by atoms with Crippen molar-refractivity contribution < 1.29 is 0 Å². The van der Waals surface area contributed by atoms with E-state index in [1.54, 1.807) is 0 Å². The molecule has 0 unspecified atom stereocenters. The Morgan fingerprint density at radius 3 is 0.686 bits per heavy atom. The largest absolute Gasteiger partial charge is 0.310 e. The van der Waals surface area contributed by atoms with Gasteiger partial charge in [-0.3, -0.25) is 0 Å². The number of hydrogen-bond acceptors (Lipinski definition) is 2.